The van der Waals surface area contributed by atoms with E-state index < -0.39 is 6.36 Å². The third kappa shape index (κ3) is 2.80. The Morgan fingerprint density at radius 1 is 1.36 bits per heavy atom. The summed E-state index contributed by atoms with van der Waals surface area (Å²) in [5.74, 6) is -0.324. The molecule has 2 nitrogen and oxygen atoms in total. The highest BCUT2D eigenvalue weighted by Gasteiger charge is 2.32. The van der Waals surface area contributed by atoms with Crippen molar-refractivity contribution in [1.82, 2.24) is 0 Å². The van der Waals surface area contributed by atoms with Gasteiger partial charge in [-0.15, -0.1) is 13.2 Å². The predicted octanol–water partition coefficient (Wildman–Crippen LogP) is 3.24. The molecule has 0 aliphatic carbocycles. The number of hydrogen-bond donors (Lipinski definition) is 1. The molecule has 0 heterocycles. The highest BCUT2D eigenvalue weighted by atomic mass is 79.9. The fourth-order valence-corrected chi connectivity index (χ4v) is 1.27. The lowest BCUT2D eigenvalue weighted by atomic mass is 10.2. The second-order valence-corrected chi connectivity index (χ2v) is 3.49. The number of hydrogen-bond acceptors (Lipinski definition) is 2. The Morgan fingerprint density at radius 2 is 1.93 bits per heavy atom. The number of aryl methyl sites for hydroxylation is 1. The Labute approximate surface area is 87.0 Å². The van der Waals surface area contributed by atoms with Crippen molar-refractivity contribution in [2.24, 2.45) is 0 Å². The standard InChI is InChI=1S/C8H7BrF3NO/c1-4-2-5(13)3-6(7(4)9)14-8(10,11)12/h2-3H,13H2,1H3. The summed E-state index contributed by atoms with van der Waals surface area (Å²) in [6.07, 6.45) is -4.71. The van der Waals surface area contributed by atoms with Crippen LogP contribution in [0.1, 0.15) is 5.56 Å². The van der Waals surface area contributed by atoms with Gasteiger partial charge in [0.05, 0.1) is 4.47 Å². The van der Waals surface area contributed by atoms with Crippen LogP contribution < -0.4 is 10.5 Å². The first kappa shape index (κ1) is 11.2. The molecule has 0 radical (unpaired) electrons. The van der Waals surface area contributed by atoms with Gasteiger partial charge in [-0.25, -0.2) is 0 Å². The Hall–Kier alpha value is -0.910. The molecule has 0 saturated carbocycles. The van der Waals surface area contributed by atoms with Gasteiger partial charge in [-0.05, 0) is 34.5 Å². The third-order valence-electron chi connectivity index (χ3n) is 1.47. The van der Waals surface area contributed by atoms with Crippen molar-refractivity contribution in [3.05, 3.63) is 22.2 Å². The molecule has 0 aliphatic heterocycles. The summed E-state index contributed by atoms with van der Waals surface area (Å²) in [6, 6.07) is 2.66. The lowest BCUT2D eigenvalue weighted by Gasteiger charge is -2.12. The summed E-state index contributed by atoms with van der Waals surface area (Å²) in [7, 11) is 0. The van der Waals surface area contributed by atoms with E-state index in [2.05, 4.69) is 20.7 Å². The minimum absolute atomic E-state index is 0.227. The van der Waals surface area contributed by atoms with Crippen LogP contribution in [0.5, 0.6) is 5.75 Å². The van der Waals surface area contributed by atoms with Gasteiger partial charge in [0.15, 0.2) is 0 Å². The Balaban J connectivity index is 3.09. The van der Waals surface area contributed by atoms with Crippen molar-refractivity contribution < 1.29 is 17.9 Å². The molecular weight excluding hydrogens is 263 g/mol. The zero-order valence-corrected chi connectivity index (χ0v) is 8.74. The van der Waals surface area contributed by atoms with Crippen molar-refractivity contribution in [2.45, 2.75) is 13.3 Å². The maximum Gasteiger partial charge on any atom is 0.573 e. The average molecular weight is 270 g/mol. The minimum atomic E-state index is -4.71. The molecule has 6 heteroatoms. The van der Waals surface area contributed by atoms with Gasteiger partial charge in [0, 0.05) is 11.8 Å². The van der Waals surface area contributed by atoms with Crippen molar-refractivity contribution in [3.63, 3.8) is 0 Å². The first-order chi connectivity index (χ1) is 6.29. The summed E-state index contributed by atoms with van der Waals surface area (Å²) < 4.78 is 39.7. The van der Waals surface area contributed by atoms with Gasteiger partial charge in [0.1, 0.15) is 5.75 Å². The van der Waals surface area contributed by atoms with Crippen LogP contribution >= 0.6 is 15.9 Å². The molecule has 0 aliphatic rings. The number of alkyl halides is 3. The molecule has 0 saturated heterocycles. The first-order valence-electron chi connectivity index (χ1n) is 3.61. The highest BCUT2D eigenvalue weighted by Crippen LogP contribution is 2.34. The van der Waals surface area contributed by atoms with Gasteiger partial charge >= 0.3 is 6.36 Å². The van der Waals surface area contributed by atoms with Gasteiger partial charge in [0.25, 0.3) is 0 Å². The summed E-state index contributed by atoms with van der Waals surface area (Å²) in [5.41, 5.74) is 6.19. The number of anilines is 1. The molecule has 0 spiro atoms. The molecular formula is C8H7BrF3NO. The van der Waals surface area contributed by atoms with Gasteiger partial charge in [0.2, 0.25) is 0 Å². The normalized spacial score (nSPS) is 11.5. The molecule has 0 amide bonds. The molecule has 0 fully saturated rings. The maximum absolute atomic E-state index is 11.9. The number of benzene rings is 1. The van der Waals surface area contributed by atoms with Gasteiger partial charge in [-0.3, -0.25) is 0 Å². The Kier molecular flexibility index (Phi) is 2.94. The van der Waals surface area contributed by atoms with Crippen LogP contribution in [0.3, 0.4) is 0 Å². The topological polar surface area (TPSA) is 35.2 Å². The smallest absolute Gasteiger partial charge is 0.404 e. The number of rotatable bonds is 1. The Morgan fingerprint density at radius 3 is 2.43 bits per heavy atom. The van der Waals surface area contributed by atoms with E-state index in [0.29, 0.717) is 5.56 Å². The van der Waals surface area contributed by atoms with Crippen LogP contribution in [0.15, 0.2) is 16.6 Å². The fraction of sp³-hybridized carbons (Fsp3) is 0.250. The van der Waals surface area contributed by atoms with E-state index in [-0.39, 0.29) is 15.9 Å². The number of nitrogens with two attached hydrogens (primary N) is 1. The predicted molar refractivity (Wildman–Crippen MR) is 50.0 cm³/mol. The number of halogens is 4. The van der Waals surface area contributed by atoms with Gasteiger partial charge < -0.3 is 10.5 Å². The van der Waals surface area contributed by atoms with Crippen LogP contribution in [-0.4, -0.2) is 6.36 Å². The molecule has 0 atom stereocenters. The summed E-state index contributed by atoms with van der Waals surface area (Å²) in [4.78, 5) is 0. The molecule has 0 unspecified atom stereocenters. The van der Waals surface area contributed by atoms with E-state index in [0.717, 1.165) is 6.07 Å². The molecule has 0 bridgehead atoms. The van der Waals surface area contributed by atoms with Crippen LogP contribution in [0.25, 0.3) is 0 Å². The molecule has 2 N–H and O–H groups in total. The zero-order chi connectivity index (χ0) is 10.9. The minimum Gasteiger partial charge on any atom is -0.404 e. The molecule has 1 aromatic carbocycles. The van der Waals surface area contributed by atoms with Crippen molar-refractivity contribution >= 4 is 21.6 Å². The zero-order valence-electron chi connectivity index (χ0n) is 7.15. The van der Waals surface area contributed by atoms with Crippen LogP contribution in [-0.2, 0) is 0 Å². The summed E-state index contributed by atoms with van der Waals surface area (Å²) >= 11 is 2.99. The summed E-state index contributed by atoms with van der Waals surface area (Å²) in [5, 5.41) is 0. The van der Waals surface area contributed by atoms with Gasteiger partial charge in [-0.2, -0.15) is 0 Å². The van der Waals surface area contributed by atoms with E-state index in [1.807, 2.05) is 0 Å². The molecule has 78 valence electrons. The van der Waals surface area contributed by atoms with E-state index in [1.54, 1.807) is 13.0 Å². The third-order valence-corrected chi connectivity index (χ3v) is 2.49. The monoisotopic (exact) mass is 269 g/mol. The average Bonchev–Trinajstić information content (AvgIpc) is 1.96. The van der Waals surface area contributed by atoms with Crippen molar-refractivity contribution in [3.8, 4) is 5.75 Å². The lowest BCUT2D eigenvalue weighted by molar-refractivity contribution is -0.274. The van der Waals surface area contributed by atoms with E-state index in [1.165, 1.54) is 0 Å². The quantitative estimate of drug-likeness (QED) is 0.795. The molecule has 14 heavy (non-hydrogen) atoms. The maximum atomic E-state index is 11.9. The van der Waals surface area contributed by atoms with Crippen LogP contribution in [0.4, 0.5) is 18.9 Å². The molecule has 1 rings (SSSR count). The molecule has 0 aromatic heterocycles. The SMILES string of the molecule is Cc1cc(N)cc(OC(F)(F)F)c1Br. The number of ether oxygens (including phenoxy) is 1. The lowest BCUT2D eigenvalue weighted by Crippen LogP contribution is -2.17. The van der Waals surface area contributed by atoms with Crippen LogP contribution in [0.2, 0.25) is 0 Å². The van der Waals surface area contributed by atoms with Gasteiger partial charge in [-0.1, -0.05) is 0 Å². The van der Waals surface area contributed by atoms with Crippen molar-refractivity contribution in [1.29, 1.82) is 0 Å². The van der Waals surface area contributed by atoms with E-state index in [4.69, 9.17) is 5.73 Å². The van der Waals surface area contributed by atoms with E-state index in [9.17, 15) is 13.2 Å². The second-order valence-electron chi connectivity index (χ2n) is 2.70. The first-order valence-corrected chi connectivity index (χ1v) is 4.40. The molecule has 1 aromatic rings. The summed E-state index contributed by atoms with van der Waals surface area (Å²) in [6.45, 7) is 1.63. The second kappa shape index (κ2) is 3.68. The van der Waals surface area contributed by atoms with E-state index >= 15 is 0 Å². The number of nitrogen functional groups attached to an aromatic ring is 1. The fourth-order valence-electron chi connectivity index (χ4n) is 0.963. The Bertz CT molecular complexity index is 351. The largest absolute Gasteiger partial charge is 0.573 e. The van der Waals surface area contributed by atoms with Crippen molar-refractivity contribution in [2.75, 3.05) is 5.73 Å². The highest BCUT2D eigenvalue weighted by molar-refractivity contribution is 9.10. The van der Waals surface area contributed by atoms with Crippen LogP contribution in [0, 0.1) is 6.92 Å².